The van der Waals surface area contributed by atoms with Gasteiger partial charge in [0.1, 0.15) is 18.8 Å². The van der Waals surface area contributed by atoms with Crippen LogP contribution in [0.2, 0.25) is 10.1 Å². The molecule has 5 atom stereocenters. The van der Waals surface area contributed by atoms with Crippen molar-refractivity contribution < 1.29 is 47.3 Å². The molecule has 0 bridgehead atoms. The van der Waals surface area contributed by atoms with Gasteiger partial charge in [-0.1, -0.05) is 99.1 Å². The summed E-state index contributed by atoms with van der Waals surface area (Å²) in [7, 11) is -2.95. The predicted molar refractivity (Wildman–Crippen MR) is 185 cm³/mol. The second kappa shape index (κ2) is 16.1. The molecule has 0 aliphatic carbocycles. The third kappa shape index (κ3) is 8.96. The first kappa shape index (κ1) is 37.8. The van der Waals surface area contributed by atoms with Gasteiger partial charge in [-0.3, -0.25) is 19.2 Å². The van der Waals surface area contributed by atoms with Gasteiger partial charge in [-0.2, -0.15) is 0 Å². The lowest BCUT2D eigenvalue weighted by Gasteiger charge is -2.45. The SMILES string of the molecule is CC(=O)OC[C@H]1O[C@@H](c2ccc(Cl)c(CO[Si](c3ccccc3)(c3ccccc3)C(C)(C)C)c2)[C@H](OC(C)=O)[C@@H](OC(C)=O)[C@@H]1OC(C)=O. The lowest BCUT2D eigenvalue weighted by Crippen LogP contribution is -2.66. The molecule has 0 aromatic heterocycles. The Morgan fingerprint density at radius 3 is 1.71 bits per heavy atom. The summed E-state index contributed by atoms with van der Waals surface area (Å²) in [6, 6.07) is 25.6. The number of rotatable bonds is 11. The minimum absolute atomic E-state index is 0.130. The first-order valence-corrected chi connectivity index (χ1v) is 18.3. The Kier molecular flexibility index (Phi) is 12.4. The molecule has 0 radical (unpaired) electrons. The Morgan fingerprint density at radius 1 is 0.714 bits per heavy atom. The van der Waals surface area contributed by atoms with Gasteiger partial charge in [-0.25, -0.2) is 0 Å². The number of halogens is 1. The predicted octanol–water partition coefficient (Wildman–Crippen LogP) is 5.21. The van der Waals surface area contributed by atoms with Gasteiger partial charge in [-0.05, 0) is 38.7 Å². The minimum Gasteiger partial charge on any atom is -0.463 e. The molecule has 0 spiro atoms. The molecule has 1 aliphatic rings. The van der Waals surface area contributed by atoms with E-state index < -0.39 is 62.7 Å². The van der Waals surface area contributed by atoms with Crippen LogP contribution in [-0.4, -0.2) is 63.2 Å². The Labute approximate surface area is 293 Å². The topological polar surface area (TPSA) is 124 Å². The lowest BCUT2D eigenvalue weighted by molar-refractivity contribution is -0.254. The van der Waals surface area contributed by atoms with E-state index in [4.69, 9.17) is 39.7 Å². The van der Waals surface area contributed by atoms with Crippen molar-refractivity contribution in [3.63, 3.8) is 0 Å². The Balaban J connectivity index is 1.80. The van der Waals surface area contributed by atoms with E-state index in [0.717, 1.165) is 10.4 Å². The van der Waals surface area contributed by atoms with Crippen LogP contribution in [0.15, 0.2) is 78.9 Å². The third-order valence-corrected chi connectivity index (χ3v) is 13.6. The molecule has 4 rings (SSSR count). The highest BCUT2D eigenvalue weighted by Gasteiger charge is 2.53. The zero-order valence-electron chi connectivity index (χ0n) is 28.8. The molecule has 3 aromatic rings. The average molecular weight is 711 g/mol. The Morgan fingerprint density at radius 2 is 1.22 bits per heavy atom. The molecule has 49 heavy (non-hydrogen) atoms. The van der Waals surface area contributed by atoms with Crippen molar-refractivity contribution in [3.8, 4) is 0 Å². The summed E-state index contributed by atoms with van der Waals surface area (Å²) in [4.78, 5) is 48.7. The molecule has 0 unspecified atom stereocenters. The maximum Gasteiger partial charge on any atom is 0.303 e. The van der Waals surface area contributed by atoms with Crippen LogP contribution in [0.5, 0.6) is 0 Å². The molecule has 1 heterocycles. The van der Waals surface area contributed by atoms with Crippen LogP contribution >= 0.6 is 11.6 Å². The van der Waals surface area contributed by atoms with E-state index in [2.05, 4.69) is 45.0 Å². The molecule has 12 heteroatoms. The van der Waals surface area contributed by atoms with Gasteiger partial charge in [0.2, 0.25) is 0 Å². The summed E-state index contributed by atoms with van der Waals surface area (Å²) in [6.45, 7) is 11.1. The maximum atomic E-state index is 12.4. The fraction of sp³-hybridized carbons (Fsp3) is 0.405. The van der Waals surface area contributed by atoms with Gasteiger partial charge in [-0.15, -0.1) is 0 Å². The molecule has 1 aliphatic heterocycles. The van der Waals surface area contributed by atoms with Crippen LogP contribution in [0.1, 0.15) is 65.7 Å². The quantitative estimate of drug-likeness (QED) is 0.149. The molecular weight excluding hydrogens is 668 g/mol. The summed E-state index contributed by atoms with van der Waals surface area (Å²) >= 11 is 6.81. The van der Waals surface area contributed by atoms with E-state index >= 15 is 0 Å². The molecule has 0 N–H and O–H groups in total. The van der Waals surface area contributed by atoms with Crippen molar-refractivity contribution in [1.29, 1.82) is 0 Å². The molecule has 3 aromatic carbocycles. The van der Waals surface area contributed by atoms with E-state index in [1.807, 2.05) is 36.4 Å². The number of esters is 4. The van der Waals surface area contributed by atoms with E-state index in [-0.39, 0.29) is 18.3 Å². The summed E-state index contributed by atoms with van der Waals surface area (Å²) in [5, 5.41) is 2.34. The first-order chi connectivity index (χ1) is 23.1. The summed E-state index contributed by atoms with van der Waals surface area (Å²) < 4.78 is 35.6. The molecular formula is C37H43ClO10Si. The van der Waals surface area contributed by atoms with Crippen molar-refractivity contribution in [2.45, 2.75) is 90.6 Å². The van der Waals surface area contributed by atoms with Crippen LogP contribution in [0, 0.1) is 0 Å². The normalized spacial score (nSPS) is 20.9. The molecule has 262 valence electrons. The van der Waals surface area contributed by atoms with Crippen LogP contribution in [0.4, 0.5) is 0 Å². The fourth-order valence-corrected chi connectivity index (χ4v) is 11.0. The number of ether oxygens (including phenoxy) is 5. The highest BCUT2D eigenvalue weighted by molar-refractivity contribution is 6.99. The highest BCUT2D eigenvalue weighted by atomic mass is 35.5. The number of hydrogen-bond acceptors (Lipinski definition) is 10. The van der Waals surface area contributed by atoms with Gasteiger partial charge < -0.3 is 28.1 Å². The van der Waals surface area contributed by atoms with Crippen molar-refractivity contribution in [1.82, 2.24) is 0 Å². The van der Waals surface area contributed by atoms with E-state index in [1.54, 1.807) is 18.2 Å². The largest absolute Gasteiger partial charge is 0.463 e. The Hall–Kier alpha value is -4.03. The second-order valence-corrected chi connectivity index (χ2v) is 17.6. The standard InChI is InChI=1S/C37H43ClO10Si/c1-23(39)43-22-32-34(45-24(2)40)36(47-26(4)42)35(46-25(3)41)33(48-32)27-18-19-31(38)28(20-27)21-44-49(37(5,6)7,29-14-10-8-11-15-29)30-16-12-9-13-17-30/h8-20,32-36H,21-22H2,1-7H3/t32-,33+,34-,35+,36+/m1/s1. The van der Waals surface area contributed by atoms with Crippen molar-refractivity contribution >= 4 is 54.2 Å². The summed E-state index contributed by atoms with van der Waals surface area (Å²) in [5.74, 6) is -2.68. The lowest BCUT2D eigenvalue weighted by atomic mass is 9.90. The van der Waals surface area contributed by atoms with Gasteiger partial charge in [0, 0.05) is 32.7 Å². The minimum atomic E-state index is -2.95. The number of carbonyl (C=O) groups is 4. The number of benzene rings is 3. The van der Waals surface area contributed by atoms with Gasteiger partial charge in [0.25, 0.3) is 8.32 Å². The van der Waals surface area contributed by atoms with Crippen molar-refractivity contribution in [2.24, 2.45) is 0 Å². The monoisotopic (exact) mass is 710 g/mol. The Bertz CT molecular complexity index is 1590. The van der Waals surface area contributed by atoms with Gasteiger partial charge in [0.05, 0.1) is 6.61 Å². The van der Waals surface area contributed by atoms with E-state index in [0.29, 0.717) is 16.1 Å². The summed E-state index contributed by atoms with van der Waals surface area (Å²) in [5.41, 5.74) is 1.16. The summed E-state index contributed by atoms with van der Waals surface area (Å²) in [6.07, 6.45) is -5.93. The van der Waals surface area contributed by atoms with Crippen LogP contribution < -0.4 is 10.4 Å². The maximum absolute atomic E-state index is 12.4. The second-order valence-electron chi connectivity index (χ2n) is 12.9. The number of hydrogen-bond donors (Lipinski definition) is 0. The molecule has 10 nitrogen and oxygen atoms in total. The van der Waals surface area contributed by atoms with Crippen LogP contribution in [0.25, 0.3) is 0 Å². The zero-order valence-corrected chi connectivity index (χ0v) is 30.5. The molecule has 1 fully saturated rings. The van der Waals surface area contributed by atoms with Gasteiger partial charge >= 0.3 is 23.9 Å². The van der Waals surface area contributed by atoms with E-state index in [9.17, 15) is 19.2 Å². The molecule has 0 saturated carbocycles. The number of carbonyl (C=O) groups excluding carboxylic acids is 4. The van der Waals surface area contributed by atoms with Gasteiger partial charge in [0.15, 0.2) is 18.3 Å². The smallest absolute Gasteiger partial charge is 0.303 e. The third-order valence-electron chi connectivity index (χ3n) is 8.25. The molecule has 0 amide bonds. The average Bonchev–Trinajstić information content (AvgIpc) is 3.03. The van der Waals surface area contributed by atoms with E-state index in [1.165, 1.54) is 27.7 Å². The first-order valence-electron chi connectivity index (χ1n) is 16.0. The highest BCUT2D eigenvalue weighted by Crippen LogP contribution is 2.40. The van der Waals surface area contributed by atoms with Crippen LogP contribution in [-0.2, 0) is 53.9 Å². The fourth-order valence-electron chi connectivity index (χ4n) is 6.33. The van der Waals surface area contributed by atoms with Crippen LogP contribution in [0.3, 0.4) is 0 Å². The van der Waals surface area contributed by atoms with Crippen molar-refractivity contribution in [2.75, 3.05) is 6.61 Å². The molecule has 1 saturated heterocycles. The zero-order chi connectivity index (χ0) is 35.9. The van der Waals surface area contributed by atoms with Crippen molar-refractivity contribution in [3.05, 3.63) is 95.0 Å².